The summed E-state index contributed by atoms with van der Waals surface area (Å²) >= 11 is 1.42. The van der Waals surface area contributed by atoms with Crippen LogP contribution in [0.1, 0.15) is 41.4 Å². The summed E-state index contributed by atoms with van der Waals surface area (Å²) < 4.78 is 10.9. The molecule has 0 aliphatic rings. The Labute approximate surface area is 184 Å². The maximum absolute atomic E-state index is 12.8. The van der Waals surface area contributed by atoms with Gasteiger partial charge < -0.3 is 14.8 Å². The van der Waals surface area contributed by atoms with Gasteiger partial charge in [-0.25, -0.2) is 4.98 Å². The van der Waals surface area contributed by atoms with E-state index in [0.29, 0.717) is 11.4 Å². The molecule has 0 atom stereocenters. The van der Waals surface area contributed by atoms with Crippen LogP contribution in [0.15, 0.2) is 47.3 Å². The molecule has 0 saturated carbocycles. The predicted octanol–water partition coefficient (Wildman–Crippen LogP) is 5.23. The number of unbranched alkanes of at least 4 members (excludes halogenated alkanes) is 1. The van der Waals surface area contributed by atoms with Gasteiger partial charge in [-0.1, -0.05) is 25.5 Å². The first-order valence-electron chi connectivity index (χ1n) is 9.78. The van der Waals surface area contributed by atoms with Gasteiger partial charge in [0.1, 0.15) is 12.2 Å². The van der Waals surface area contributed by atoms with Crippen LogP contribution in [0.2, 0.25) is 0 Å². The molecule has 0 saturated heterocycles. The summed E-state index contributed by atoms with van der Waals surface area (Å²) in [4.78, 5) is 27.9. The van der Waals surface area contributed by atoms with E-state index >= 15 is 0 Å². The van der Waals surface area contributed by atoms with Gasteiger partial charge in [-0.15, -0.1) is 11.3 Å². The van der Waals surface area contributed by atoms with Crippen molar-refractivity contribution in [3.63, 3.8) is 0 Å². The van der Waals surface area contributed by atoms with E-state index in [2.05, 4.69) is 17.2 Å². The average molecular weight is 442 g/mol. The molecule has 162 valence electrons. The number of nitro groups is 1. The van der Waals surface area contributed by atoms with Gasteiger partial charge in [0.05, 0.1) is 29.3 Å². The first-order chi connectivity index (χ1) is 15.0. The fourth-order valence-electron chi connectivity index (χ4n) is 2.95. The molecule has 9 heteroatoms. The third-order valence-electron chi connectivity index (χ3n) is 4.61. The van der Waals surface area contributed by atoms with E-state index in [1.165, 1.54) is 36.1 Å². The van der Waals surface area contributed by atoms with Crippen LogP contribution in [-0.4, -0.2) is 22.9 Å². The second-order valence-electron chi connectivity index (χ2n) is 6.80. The number of hydrogen-bond acceptors (Lipinski definition) is 7. The molecule has 0 unspecified atom stereocenters. The number of nitro benzene ring substituents is 1. The number of nitrogens with zero attached hydrogens (tertiary/aromatic N) is 2. The molecule has 0 spiro atoms. The van der Waals surface area contributed by atoms with Gasteiger partial charge >= 0.3 is 0 Å². The predicted molar refractivity (Wildman–Crippen MR) is 119 cm³/mol. The minimum absolute atomic E-state index is 0.113. The topological polar surface area (TPSA) is 104 Å². The highest BCUT2D eigenvalue weighted by Gasteiger charge is 2.25. The Kier molecular flexibility index (Phi) is 7.55. The molecule has 1 N–H and O–H groups in total. The number of anilines is 1. The van der Waals surface area contributed by atoms with E-state index in [4.69, 9.17) is 9.47 Å². The number of ether oxygens (including phenoxy) is 2. The summed E-state index contributed by atoms with van der Waals surface area (Å²) in [6, 6.07) is 9.98. The molecule has 1 amide bonds. The van der Waals surface area contributed by atoms with Gasteiger partial charge in [-0.3, -0.25) is 14.9 Å². The SMILES string of the molecule is CCCCc1ccc(NC(=O)c2cc(OC)c(OCc3cscn3)cc2[N+](=O)[O-])cc1. The monoisotopic (exact) mass is 441 g/mol. The van der Waals surface area contributed by atoms with E-state index in [-0.39, 0.29) is 29.4 Å². The van der Waals surface area contributed by atoms with Crippen LogP contribution in [0.3, 0.4) is 0 Å². The molecule has 8 nitrogen and oxygen atoms in total. The lowest BCUT2D eigenvalue weighted by Crippen LogP contribution is -2.14. The van der Waals surface area contributed by atoms with E-state index < -0.39 is 10.8 Å². The normalized spacial score (nSPS) is 10.5. The number of methoxy groups -OCH3 is 1. The van der Waals surface area contributed by atoms with E-state index in [9.17, 15) is 14.9 Å². The van der Waals surface area contributed by atoms with Crippen molar-refractivity contribution in [1.82, 2.24) is 4.98 Å². The standard InChI is InChI=1S/C22H23N3O5S/c1-3-4-5-15-6-8-16(9-7-15)24-22(26)18-10-20(29-2)21(11-19(18)25(27)28)30-12-17-13-31-14-23-17/h6-11,13-14H,3-5,12H2,1-2H3,(H,24,26). The number of rotatable bonds is 10. The second kappa shape index (κ2) is 10.5. The van der Waals surface area contributed by atoms with Crippen molar-refractivity contribution in [1.29, 1.82) is 0 Å². The fraction of sp³-hybridized carbons (Fsp3) is 0.273. The molecule has 0 bridgehead atoms. The van der Waals surface area contributed by atoms with Gasteiger partial charge in [-0.2, -0.15) is 0 Å². The van der Waals surface area contributed by atoms with Crippen molar-refractivity contribution in [2.75, 3.05) is 12.4 Å². The van der Waals surface area contributed by atoms with Crippen LogP contribution in [0.4, 0.5) is 11.4 Å². The van der Waals surface area contributed by atoms with Crippen molar-refractivity contribution in [2.45, 2.75) is 32.8 Å². The molecule has 1 heterocycles. The van der Waals surface area contributed by atoms with Crippen molar-refractivity contribution in [2.24, 2.45) is 0 Å². The first-order valence-corrected chi connectivity index (χ1v) is 10.7. The molecule has 0 radical (unpaired) electrons. The summed E-state index contributed by atoms with van der Waals surface area (Å²) in [5.41, 5.74) is 3.61. The van der Waals surface area contributed by atoms with Gasteiger partial charge in [0.15, 0.2) is 11.5 Å². The molecule has 0 aliphatic carbocycles. The third kappa shape index (κ3) is 5.79. The highest BCUT2D eigenvalue weighted by Crippen LogP contribution is 2.35. The molecule has 31 heavy (non-hydrogen) atoms. The second-order valence-corrected chi connectivity index (χ2v) is 7.52. The quantitative estimate of drug-likeness (QED) is 0.341. The summed E-state index contributed by atoms with van der Waals surface area (Å²) in [6.45, 7) is 2.26. The van der Waals surface area contributed by atoms with Crippen molar-refractivity contribution < 1.29 is 19.2 Å². The zero-order valence-corrected chi connectivity index (χ0v) is 18.1. The molecule has 3 rings (SSSR count). The number of carbonyl (C=O) groups excluding carboxylic acids is 1. The van der Waals surface area contributed by atoms with E-state index in [1.807, 2.05) is 17.5 Å². The summed E-state index contributed by atoms with van der Waals surface area (Å²) in [7, 11) is 1.41. The average Bonchev–Trinajstić information content (AvgIpc) is 3.30. The van der Waals surface area contributed by atoms with Crippen LogP contribution >= 0.6 is 11.3 Å². The van der Waals surface area contributed by atoms with Crippen LogP contribution in [0, 0.1) is 10.1 Å². The highest BCUT2D eigenvalue weighted by molar-refractivity contribution is 7.07. The summed E-state index contributed by atoms with van der Waals surface area (Å²) in [6.07, 6.45) is 3.16. The molecular weight excluding hydrogens is 418 g/mol. The van der Waals surface area contributed by atoms with Crippen molar-refractivity contribution in [3.05, 3.63) is 74.2 Å². The number of nitrogens with one attached hydrogen (secondary N) is 1. The highest BCUT2D eigenvalue weighted by atomic mass is 32.1. The van der Waals surface area contributed by atoms with E-state index in [1.54, 1.807) is 17.6 Å². The smallest absolute Gasteiger partial charge is 0.286 e. The molecule has 0 fully saturated rings. The van der Waals surface area contributed by atoms with Crippen LogP contribution < -0.4 is 14.8 Å². The largest absolute Gasteiger partial charge is 0.493 e. The number of aryl methyl sites for hydroxylation is 1. The summed E-state index contributed by atoms with van der Waals surface area (Å²) in [5.74, 6) is -0.211. The van der Waals surface area contributed by atoms with E-state index in [0.717, 1.165) is 19.3 Å². The van der Waals surface area contributed by atoms with Crippen molar-refractivity contribution >= 4 is 28.6 Å². The Hall–Kier alpha value is -3.46. The minimum Gasteiger partial charge on any atom is -0.493 e. The Morgan fingerprint density at radius 2 is 2.00 bits per heavy atom. The molecule has 1 aromatic heterocycles. The number of aromatic nitrogens is 1. The number of carbonyl (C=O) groups is 1. The van der Waals surface area contributed by atoms with Crippen LogP contribution in [0.25, 0.3) is 0 Å². The van der Waals surface area contributed by atoms with Crippen LogP contribution in [0.5, 0.6) is 11.5 Å². The lowest BCUT2D eigenvalue weighted by Gasteiger charge is -2.13. The Balaban J connectivity index is 1.81. The van der Waals surface area contributed by atoms with Crippen molar-refractivity contribution in [3.8, 4) is 11.5 Å². The fourth-order valence-corrected chi connectivity index (χ4v) is 3.49. The van der Waals surface area contributed by atoms with Gasteiger partial charge in [0.25, 0.3) is 11.6 Å². The first kappa shape index (κ1) is 22.2. The summed E-state index contributed by atoms with van der Waals surface area (Å²) in [5, 5.41) is 16.2. The van der Waals surface area contributed by atoms with Crippen LogP contribution in [-0.2, 0) is 13.0 Å². The number of hydrogen-bond donors (Lipinski definition) is 1. The number of amides is 1. The molecular formula is C22H23N3O5S. The zero-order valence-electron chi connectivity index (χ0n) is 17.3. The Morgan fingerprint density at radius 3 is 2.61 bits per heavy atom. The lowest BCUT2D eigenvalue weighted by atomic mass is 10.1. The molecule has 0 aliphatic heterocycles. The van der Waals surface area contributed by atoms with Gasteiger partial charge in [0, 0.05) is 17.1 Å². The number of thiazole rings is 1. The molecule has 3 aromatic rings. The number of benzene rings is 2. The Morgan fingerprint density at radius 1 is 1.23 bits per heavy atom. The minimum atomic E-state index is -0.613. The lowest BCUT2D eigenvalue weighted by molar-refractivity contribution is -0.385. The maximum Gasteiger partial charge on any atom is 0.286 e. The molecule has 2 aromatic carbocycles. The maximum atomic E-state index is 12.8. The zero-order chi connectivity index (χ0) is 22.2. The van der Waals surface area contributed by atoms with Gasteiger partial charge in [-0.05, 0) is 30.5 Å². The third-order valence-corrected chi connectivity index (χ3v) is 5.25. The Bertz CT molecular complexity index is 1040. The van der Waals surface area contributed by atoms with Gasteiger partial charge in [0.2, 0.25) is 0 Å².